The number of hydrogen-bond donors (Lipinski definition) is 1. The second-order valence-corrected chi connectivity index (χ2v) is 10.7. The molecule has 0 aromatic heterocycles. The zero-order valence-corrected chi connectivity index (χ0v) is 18.5. The van der Waals surface area contributed by atoms with Crippen molar-refractivity contribution in [2.45, 2.75) is 63.6 Å². The first kappa shape index (κ1) is 22.2. The van der Waals surface area contributed by atoms with Crippen LogP contribution in [-0.4, -0.2) is 54.9 Å². The minimum atomic E-state index is -3.68. The monoisotopic (exact) mass is 425 g/mol. The number of nitrogens with one attached hydrogen (secondary N) is 1. The number of halogens is 1. The zero-order chi connectivity index (χ0) is 21.4. The molecule has 29 heavy (non-hydrogen) atoms. The Labute approximate surface area is 173 Å². The van der Waals surface area contributed by atoms with Crippen LogP contribution in [0.3, 0.4) is 0 Å². The molecular weight excluding hydrogens is 393 g/mol. The normalized spacial score (nSPS) is 23.9. The minimum Gasteiger partial charge on any atom is -0.323 e. The van der Waals surface area contributed by atoms with Crippen molar-refractivity contribution >= 4 is 15.9 Å². The van der Waals surface area contributed by atoms with Crippen molar-refractivity contribution in [1.82, 2.24) is 14.5 Å². The molecule has 2 aliphatic heterocycles. The number of carbonyl (C=O) groups is 1. The van der Waals surface area contributed by atoms with E-state index in [1.54, 1.807) is 0 Å². The Hall–Kier alpha value is -1.51. The van der Waals surface area contributed by atoms with Crippen LogP contribution in [0.4, 0.5) is 4.39 Å². The maximum atomic E-state index is 13.2. The molecule has 2 aliphatic rings. The fourth-order valence-corrected chi connectivity index (χ4v) is 5.67. The molecule has 0 radical (unpaired) electrons. The number of sulfonamides is 1. The third kappa shape index (κ3) is 4.20. The number of rotatable bonds is 6. The average molecular weight is 426 g/mol. The summed E-state index contributed by atoms with van der Waals surface area (Å²) in [6.07, 6.45) is 2.06. The van der Waals surface area contributed by atoms with Crippen LogP contribution in [0.2, 0.25) is 0 Å². The molecule has 0 bridgehead atoms. The van der Waals surface area contributed by atoms with E-state index >= 15 is 0 Å². The molecule has 6 nitrogen and oxygen atoms in total. The highest BCUT2D eigenvalue weighted by atomic mass is 32.2. The van der Waals surface area contributed by atoms with Gasteiger partial charge in [0.2, 0.25) is 15.9 Å². The Morgan fingerprint density at radius 2 is 1.76 bits per heavy atom. The maximum Gasteiger partial charge on any atom is 0.243 e. The number of benzene rings is 1. The number of carbonyl (C=O) groups excluding carboxylic acids is 1. The Bertz CT molecular complexity index is 833. The number of piperidine rings is 1. The van der Waals surface area contributed by atoms with E-state index in [0.717, 1.165) is 18.6 Å². The number of nitrogens with zero attached hydrogens (tertiary/aromatic N) is 2. The van der Waals surface area contributed by atoms with Gasteiger partial charge in [-0.1, -0.05) is 34.1 Å². The third-order valence-electron chi connectivity index (χ3n) is 6.33. The highest BCUT2D eigenvalue weighted by Gasteiger charge is 2.53. The van der Waals surface area contributed by atoms with Gasteiger partial charge in [-0.15, -0.1) is 0 Å². The van der Waals surface area contributed by atoms with Crippen LogP contribution in [0.1, 0.15) is 47.0 Å². The van der Waals surface area contributed by atoms with E-state index in [4.69, 9.17) is 0 Å². The fourth-order valence-electron chi connectivity index (χ4n) is 4.23. The Kier molecular flexibility index (Phi) is 6.36. The van der Waals surface area contributed by atoms with Crippen LogP contribution in [0, 0.1) is 17.7 Å². The van der Waals surface area contributed by atoms with Crippen LogP contribution in [0.15, 0.2) is 29.2 Å². The molecule has 0 unspecified atom stereocenters. The van der Waals surface area contributed by atoms with Crippen molar-refractivity contribution in [3.63, 3.8) is 0 Å². The lowest BCUT2D eigenvalue weighted by atomic mass is 9.95. The topological polar surface area (TPSA) is 69.7 Å². The summed E-state index contributed by atoms with van der Waals surface area (Å²) in [4.78, 5) is 15.2. The summed E-state index contributed by atoms with van der Waals surface area (Å²) in [7, 11) is -3.68. The molecule has 1 N–H and O–H groups in total. The fraction of sp³-hybridized carbons (Fsp3) is 0.667. The Morgan fingerprint density at radius 3 is 2.28 bits per heavy atom. The Balaban J connectivity index is 1.80. The summed E-state index contributed by atoms with van der Waals surface area (Å²) in [5.41, 5.74) is -0.496. The predicted molar refractivity (Wildman–Crippen MR) is 110 cm³/mol. The third-order valence-corrected chi connectivity index (χ3v) is 8.24. The highest BCUT2D eigenvalue weighted by molar-refractivity contribution is 7.89. The largest absolute Gasteiger partial charge is 0.323 e. The van der Waals surface area contributed by atoms with Gasteiger partial charge in [0.25, 0.3) is 0 Å². The molecule has 2 fully saturated rings. The molecule has 1 spiro atoms. The van der Waals surface area contributed by atoms with Gasteiger partial charge < -0.3 is 4.90 Å². The van der Waals surface area contributed by atoms with E-state index in [1.165, 1.54) is 16.4 Å². The van der Waals surface area contributed by atoms with E-state index in [0.29, 0.717) is 38.4 Å². The summed E-state index contributed by atoms with van der Waals surface area (Å²) in [6, 6.07) is 4.69. The second-order valence-electron chi connectivity index (χ2n) is 8.72. The first-order valence-corrected chi connectivity index (χ1v) is 11.9. The molecule has 2 atom stereocenters. The predicted octanol–water partition coefficient (Wildman–Crippen LogP) is 2.81. The van der Waals surface area contributed by atoms with Crippen LogP contribution in [-0.2, 0) is 14.8 Å². The van der Waals surface area contributed by atoms with E-state index in [9.17, 15) is 17.6 Å². The van der Waals surface area contributed by atoms with Gasteiger partial charge in [0.1, 0.15) is 5.82 Å². The van der Waals surface area contributed by atoms with E-state index < -0.39 is 21.5 Å². The van der Waals surface area contributed by atoms with Gasteiger partial charge in [0.15, 0.2) is 0 Å². The summed E-state index contributed by atoms with van der Waals surface area (Å²) in [5.74, 6) is 0.206. The molecule has 1 amide bonds. The van der Waals surface area contributed by atoms with Crippen LogP contribution >= 0.6 is 0 Å². The van der Waals surface area contributed by atoms with E-state index in [1.807, 2.05) is 18.7 Å². The van der Waals surface area contributed by atoms with Crippen molar-refractivity contribution in [3.8, 4) is 0 Å². The smallest absolute Gasteiger partial charge is 0.243 e. The number of hydrogen-bond acceptors (Lipinski definition) is 4. The lowest BCUT2D eigenvalue weighted by Crippen LogP contribution is -2.60. The van der Waals surface area contributed by atoms with Crippen LogP contribution in [0.5, 0.6) is 0 Å². The Morgan fingerprint density at radius 1 is 1.17 bits per heavy atom. The average Bonchev–Trinajstić information content (AvgIpc) is 2.95. The van der Waals surface area contributed by atoms with Crippen molar-refractivity contribution < 1.29 is 17.6 Å². The summed E-state index contributed by atoms with van der Waals surface area (Å²) < 4.78 is 40.5. The van der Waals surface area contributed by atoms with E-state index in [2.05, 4.69) is 19.2 Å². The van der Waals surface area contributed by atoms with Crippen LogP contribution in [0.25, 0.3) is 0 Å². The lowest BCUT2D eigenvalue weighted by molar-refractivity contribution is -0.134. The first-order valence-electron chi connectivity index (χ1n) is 10.5. The molecule has 162 valence electrons. The summed E-state index contributed by atoms with van der Waals surface area (Å²) in [5, 5.41) is 3.56. The molecule has 0 aliphatic carbocycles. The van der Waals surface area contributed by atoms with Crippen LogP contribution < -0.4 is 5.32 Å². The van der Waals surface area contributed by atoms with E-state index in [-0.39, 0.29) is 22.8 Å². The van der Waals surface area contributed by atoms with Gasteiger partial charge in [-0.3, -0.25) is 10.1 Å². The standard InChI is InChI=1S/C21H32FN3O3S/c1-5-16(4)14-25-20(26)19(15(2)3)23-21(25)10-12-24(13-11-21)29(27,28)18-8-6-17(22)7-9-18/h6-9,15-16,19,23H,5,10-14H2,1-4H3/t16-,19-/m1/s1. The van der Waals surface area contributed by atoms with Crippen molar-refractivity contribution in [2.24, 2.45) is 11.8 Å². The highest BCUT2D eigenvalue weighted by Crippen LogP contribution is 2.36. The lowest BCUT2D eigenvalue weighted by Gasteiger charge is -2.45. The summed E-state index contributed by atoms with van der Waals surface area (Å²) >= 11 is 0. The van der Waals surface area contributed by atoms with Gasteiger partial charge in [0.05, 0.1) is 16.6 Å². The second kappa shape index (κ2) is 8.32. The quantitative estimate of drug-likeness (QED) is 0.761. The SMILES string of the molecule is CC[C@@H](C)CN1C(=O)[C@@H](C(C)C)NC12CCN(S(=O)(=O)c1ccc(F)cc1)CC2. The van der Waals surface area contributed by atoms with Crippen molar-refractivity contribution in [3.05, 3.63) is 30.1 Å². The first-order chi connectivity index (χ1) is 13.6. The van der Waals surface area contributed by atoms with Gasteiger partial charge in [-0.2, -0.15) is 4.31 Å². The van der Waals surface area contributed by atoms with Gasteiger partial charge in [0, 0.05) is 19.6 Å². The molecule has 1 aromatic carbocycles. The van der Waals surface area contributed by atoms with Gasteiger partial charge in [-0.25, -0.2) is 12.8 Å². The molecule has 2 saturated heterocycles. The van der Waals surface area contributed by atoms with Crippen molar-refractivity contribution in [1.29, 1.82) is 0 Å². The molecule has 0 saturated carbocycles. The molecule has 2 heterocycles. The molecule has 3 rings (SSSR count). The molecular formula is C21H32FN3O3S. The summed E-state index contributed by atoms with van der Waals surface area (Å²) in [6.45, 7) is 9.63. The minimum absolute atomic E-state index is 0.0989. The maximum absolute atomic E-state index is 13.2. The number of amides is 1. The molecule has 1 aromatic rings. The zero-order valence-electron chi connectivity index (χ0n) is 17.7. The van der Waals surface area contributed by atoms with Crippen molar-refractivity contribution in [2.75, 3.05) is 19.6 Å². The van der Waals surface area contributed by atoms with Gasteiger partial charge >= 0.3 is 0 Å². The molecule has 8 heteroatoms. The van der Waals surface area contributed by atoms with Gasteiger partial charge in [-0.05, 0) is 48.9 Å².